The van der Waals surface area contributed by atoms with E-state index in [-0.39, 0.29) is 106 Å². The van der Waals surface area contributed by atoms with Crippen molar-refractivity contribution in [3.05, 3.63) is 0 Å². The van der Waals surface area contributed by atoms with Crippen molar-refractivity contribution in [1.29, 1.82) is 0 Å². The summed E-state index contributed by atoms with van der Waals surface area (Å²) in [5.74, 6) is -4.42. The standard InChI is InChI=1S/C23H42N2O4.2C21H38N2O6.C21H38N2O4/c1-20(2)12-16(13-21(3,4)24(20)9)28-18(26)11-19(27)29-17-14-22(5,6)25(10)23(7,8)15-17;2*1-18(2)10-14(11-19(3,4)22(18)26)28-16(24)9-17(25)29-15-12-20(5,6)23(27)21(7,8)13-15;1-18(2)10-14(11-19(3,4)22-18)26-16(24)9-17(25)27-15-12-20(5,6)23-21(7,8)13-15/h16-17H,11-15H2,1-10H3;2*14-15,26-27H,9-13H2,1-8H3;14-15,22-23H,9-13H2,1-8H3. The predicted octanol–water partition coefficient (Wildman–Crippen LogP) is 13.4. The first kappa shape index (κ1) is 99.8. The maximum Gasteiger partial charge on any atom is 0.317 e. The average molecular weight is 1620 g/mol. The van der Waals surface area contributed by atoms with Gasteiger partial charge in [0.1, 0.15) is 74.5 Å². The summed E-state index contributed by atoms with van der Waals surface area (Å²) in [6.07, 6.45) is 5.99. The summed E-state index contributed by atoms with van der Waals surface area (Å²) in [7, 11) is 4.22. The molecule has 0 radical (unpaired) electrons. The number of hydrogen-bond acceptors (Lipinski definition) is 28. The topological polar surface area (TPSA) is 335 Å². The summed E-state index contributed by atoms with van der Waals surface area (Å²) < 4.78 is 44.8. The number of likely N-dealkylation sites (tertiary alicyclic amines) is 2. The van der Waals surface area contributed by atoms with Crippen LogP contribution in [0.25, 0.3) is 0 Å². The van der Waals surface area contributed by atoms with Gasteiger partial charge in [-0.15, -0.1) is 0 Å². The summed E-state index contributed by atoms with van der Waals surface area (Å²) in [5.41, 5.74) is -5.04. The molecular formula is C86H156N8O20. The van der Waals surface area contributed by atoms with Crippen LogP contribution in [0.5, 0.6) is 0 Å². The van der Waals surface area contributed by atoms with Crippen LogP contribution in [0.1, 0.15) is 350 Å². The third-order valence-corrected chi connectivity index (χ3v) is 24.8. The molecule has 8 heterocycles. The number of carbonyl (C=O) groups excluding carboxylic acids is 8. The molecule has 28 heteroatoms. The van der Waals surface area contributed by atoms with Crippen molar-refractivity contribution in [3.8, 4) is 0 Å². The number of esters is 8. The Morgan fingerprint density at radius 1 is 0.219 bits per heavy atom. The molecule has 660 valence electrons. The zero-order chi connectivity index (χ0) is 87.9. The van der Waals surface area contributed by atoms with Gasteiger partial charge in [0.05, 0.1) is 0 Å². The maximum atomic E-state index is 12.4. The quantitative estimate of drug-likeness (QED) is 0.0475. The lowest BCUT2D eigenvalue weighted by atomic mass is 9.78. The molecule has 0 atom stereocenters. The van der Waals surface area contributed by atoms with Gasteiger partial charge >= 0.3 is 47.8 Å². The van der Waals surface area contributed by atoms with Gasteiger partial charge in [-0.25, -0.2) is 0 Å². The second-order valence-corrected chi connectivity index (χ2v) is 44.8. The summed E-state index contributed by atoms with van der Waals surface area (Å²) >= 11 is 0. The van der Waals surface area contributed by atoms with E-state index in [1.54, 1.807) is 0 Å². The van der Waals surface area contributed by atoms with Crippen molar-refractivity contribution in [2.24, 2.45) is 0 Å². The molecule has 0 saturated carbocycles. The SMILES string of the molecule is CC1(C)CC(OC(=O)CC(=O)OC2CC(C)(C)N(O)C(C)(C)C2)CC(C)(C)N1O.CC1(C)CC(OC(=O)CC(=O)OC2CC(C)(C)N(O)C(C)(C)C2)CC(C)(C)N1O.CC1(C)CC(OC(=O)CC(=O)OC2CC(C)(C)NC(C)(C)C2)CC(C)(C)N1.CN1C(C)(C)CC(OC(=O)CC(=O)OC2CC(C)(C)N(C)C(C)(C)C2)CC1(C)C. The largest absolute Gasteiger partial charge is 0.462 e. The first-order valence-corrected chi connectivity index (χ1v) is 41.5. The number of nitrogens with one attached hydrogen (secondary N) is 2. The number of hydrogen-bond donors (Lipinski definition) is 6. The first-order chi connectivity index (χ1) is 50.9. The third kappa shape index (κ3) is 28.2. The molecule has 0 aromatic heterocycles. The highest BCUT2D eigenvalue weighted by Gasteiger charge is 2.53. The fourth-order valence-corrected chi connectivity index (χ4v) is 20.7. The van der Waals surface area contributed by atoms with Crippen molar-refractivity contribution >= 4 is 47.8 Å². The molecule has 0 spiro atoms. The summed E-state index contributed by atoms with van der Waals surface area (Å²) in [6, 6.07) is 0. The second-order valence-electron chi connectivity index (χ2n) is 44.8. The number of rotatable bonds is 16. The zero-order valence-electron chi connectivity index (χ0n) is 76.8. The lowest BCUT2D eigenvalue weighted by Gasteiger charge is -2.53. The Morgan fingerprint density at radius 3 is 0.447 bits per heavy atom. The fraction of sp³-hybridized carbons (Fsp3) is 0.907. The van der Waals surface area contributed by atoms with Gasteiger partial charge in [-0.2, -0.15) is 20.3 Å². The summed E-state index contributed by atoms with van der Waals surface area (Å²) in [5, 5.41) is 53.8. The number of ether oxygens (including phenoxy) is 8. The van der Waals surface area contributed by atoms with E-state index < -0.39 is 105 Å². The van der Waals surface area contributed by atoms with Crippen LogP contribution >= 0.6 is 0 Å². The highest BCUT2D eigenvalue weighted by atomic mass is 16.6. The van der Waals surface area contributed by atoms with Crippen LogP contribution in [0.15, 0.2) is 0 Å². The van der Waals surface area contributed by atoms with Gasteiger partial charge in [0.2, 0.25) is 0 Å². The highest BCUT2D eigenvalue weighted by Crippen LogP contribution is 2.45. The number of hydroxylamine groups is 8. The van der Waals surface area contributed by atoms with Crippen LogP contribution in [0.2, 0.25) is 0 Å². The minimum atomic E-state index is -0.615. The summed E-state index contributed by atoms with van der Waals surface area (Å²) in [4.78, 5) is 103. The van der Waals surface area contributed by atoms with Crippen molar-refractivity contribution < 1.29 is 97.1 Å². The molecule has 8 aliphatic rings. The Labute approximate surface area is 684 Å². The van der Waals surface area contributed by atoms with Crippen molar-refractivity contribution in [3.63, 3.8) is 0 Å². The van der Waals surface area contributed by atoms with E-state index in [0.29, 0.717) is 51.4 Å². The van der Waals surface area contributed by atoms with Crippen molar-refractivity contribution in [1.82, 2.24) is 40.7 Å². The van der Waals surface area contributed by atoms with E-state index in [1.807, 2.05) is 111 Å². The van der Waals surface area contributed by atoms with E-state index >= 15 is 0 Å². The number of nitrogens with zero attached hydrogens (tertiary/aromatic N) is 6. The Kier molecular flexibility index (Phi) is 31.1. The number of carbonyl (C=O) groups is 8. The molecule has 0 amide bonds. The Balaban J connectivity index is 0.000000272. The Bertz CT molecular complexity index is 2760. The molecule has 6 N–H and O–H groups in total. The normalized spacial score (nSPS) is 27.3. The molecule has 0 aromatic rings. The van der Waals surface area contributed by atoms with Gasteiger partial charge in [-0.1, -0.05) is 0 Å². The fourth-order valence-electron chi connectivity index (χ4n) is 20.7. The van der Waals surface area contributed by atoms with Crippen LogP contribution in [-0.2, 0) is 76.3 Å². The molecule has 0 aliphatic carbocycles. The third-order valence-electron chi connectivity index (χ3n) is 24.8. The second kappa shape index (κ2) is 35.5. The Morgan fingerprint density at radius 2 is 0.325 bits per heavy atom. The van der Waals surface area contributed by atoms with Crippen LogP contribution in [0, 0.1) is 0 Å². The molecule has 8 rings (SSSR count). The Hall–Kier alpha value is -4.72. The van der Waals surface area contributed by atoms with Crippen LogP contribution in [-0.4, -0.2) is 250 Å². The van der Waals surface area contributed by atoms with Gasteiger partial charge in [0.15, 0.2) is 0 Å². The van der Waals surface area contributed by atoms with E-state index in [9.17, 15) is 59.2 Å². The lowest BCUT2D eigenvalue weighted by molar-refractivity contribution is -0.261. The molecule has 0 aromatic carbocycles. The number of piperidine rings is 8. The van der Waals surface area contributed by atoms with Gasteiger partial charge in [0.25, 0.3) is 0 Å². The molecule has 0 bridgehead atoms. The van der Waals surface area contributed by atoms with Gasteiger partial charge < -0.3 is 69.4 Å². The molecule has 0 unspecified atom stereocenters. The lowest BCUT2D eigenvalue weighted by Crippen LogP contribution is -2.61. The van der Waals surface area contributed by atoms with Crippen LogP contribution < -0.4 is 10.6 Å². The van der Waals surface area contributed by atoms with E-state index in [1.165, 1.54) is 20.3 Å². The van der Waals surface area contributed by atoms with E-state index in [2.05, 4.69) is 145 Å². The van der Waals surface area contributed by atoms with Crippen molar-refractivity contribution in [2.75, 3.05) is 14.1 Å². The minimum absolute atomic E-state index is 0.0709. The highest BCUT2D eigenvalue weighted by molar-refractivity contribution is 5.93. The molecule has 8 saturated heterocycles. The monoisotopic (exact) mass is 1620 g/mol. The smallest absolute Gasteiger partial charge is 0.317 e. The van der Waals surface area contributed by atoms with Gasteiger partial charge in [0, 0.05) is 191 Å². The van der Waals surface area contributed by atoms with Gasteiger partial charge in [-0.3, -0.25) is 48.2 Å². The average Bonchev–Trinajstić information content (AvgIpc) is 0.789. The van der Waals surface area contributed by atoms with E-state index in [0.717, 1.165) is 51.4 Å². The molecule has 8 aliphatic heterocycles. The first-order valence-electron chi connectivity index (χ1n) is 41.5. The van der Waals surface area contributed by atoms with E-state index in [4.69, 9.17) is 37.9 Å². The summed E-state index contributed by atoms with van der Waals surface area (Å²) in [6.45, 7) is 64.3. The molecular weight excluding hydrogens is 1460 g/mol. The van der Waals surface area contributed by atoms with Crippen molar-refractivity contribution in [2.45, 2.75) is 487 Å². The zero-order valence-corrected chi connectivity index (χ0v) is 76.8. The van der Waals surface area contributed by atoms with Crippen LogP contribution in [0.3, 0.4) is 0 Å². The molecule has 114 heavy (non-hydrogen) atoms. The predicted molar refractivity (Wildman–Crippen MR) is 433 cm³/mol. The molecule has 8 fully saturated rings. The molecule has 28 nitrogen and oxygen atoms in total. The minimum Gasteiger partial charge on any atom is -0.462 e. The maximum absolute atomic E-state index is 12.4. The van der Waals surface area contributed by atoms with Gasteiger partial charge in [-0.05, 0) is 236 Å². The van der Waals surface area contributed by atoms with Crippen LogP contribution in [0.4, 0.5) is 0 Å².